The van der Waals surface area contributed by atoms with E-state index in [2.05, 4.69) is 13.8 Å². The van der Waals surface area contributed by atoms with Crippen LogP contribution < -0.4 is 0 Å². The fourth-order valence-corrected chi connectivity index (χ4v) is 6.78. The maximum absolute atomic E-state index is 12.6. The average Bonchev–Trinajstić information content (AvgIpc) is 3.33. The number of hydrogen-bond donors (Lipinski definition) is 0. The number of rotatable bonds is 7. The maximum atomic E-state index is 12.6. The number of nitrogens with zero attached hydrogens (tertiary/aromatic N) is 6. The number of aromatic nitrogens is 4. The summed E-state index contributed by atoms with van der Waals surface area (Å²) in [6, 6.07) is 0. The summed E-state index contributed by atoms with van der Waals surface area (Å²) >= 11 is 0. The van der Waals surface area contributed by atoms with E-state index in [1.54, 1.807) is 4.31 Å². The van der Waals surface area contributed by atoms with E-state index in [-0.39, 0.29) is 11.8 Å². The Balaban J connectivity index is 1.60. The summed E-state index contributed by atoms with van der Waals surface area (Å²) in [4.78, 5) is 0. The van der Waals surface area contributed by atoms with Gasteiger partial charge < -0.3 is 0 Å². The van der Waals surface area contributed by atoms with Gasteiger partial charge in [-0.15, -0.1) is 0 Å². The fourth-order valence-electron chi connectivity index (χ4n) is 5.22. The molecule has 2 aliphatic heterocycles. The van der Waals surface area contributed by atoms with E-state index in [1.165, 1.54) is 16.8 Å². The van der Waals surface area contributed by atoms with Crippen molar-refractivity contribution >= 4 is 20.0 Å². The summed E-state index contributed by atoms with van der Waals surface area (Å²) < 4.78 is 56.3. The Morgan fingerprint density at radius 3 is 2.18 bits per heavy atom. The average molecular weight is 513 g/mol. The van der Waals surface area contributed by atoms with E-state index in [9.17, 15) is 16.8 Å². The molecule has 4 rings (SSSR count). The largest absolute Gasteiger partial charge is 0.272 e. The lowest BCUT2D eigenvalue weighted by Gasteiger charge is -2.23. The predicted octanol–water partition coefficient (Wildman–Crippen LogP) is 1.60. The first-order valence-corrected chi connectivity index (χ1v) is 15.5. The highest BCUT2D eigenvalue weighted by Gasteiger charge is 2.34. The lowest BCUT2D eigenvalue weighted by Crippen LogP contribution is -2.33. The molecule has 0 saturated carbocycles. The number of sulfonamides is 2. The van der Waals surface area contributed by atoms with Gasteiger partial charge in [-0.25, -0.2) is 16.8 Å². The van der Waals surface area contributed by atoms with Crippen molar-refractivity contribution in [2.45, 2.75) is 72.1 Å². The Morgan fingerprint density at radius 2 is 1.59 bits per heavy atom. The molecule has 12 heteroatoms. The summed E-state index contributed by atoms with van der Waals surface area (Å²) in [6.45, 7) is 8.38. The van der Waals surface area contributed by atoms with Crippen LogP contribution in [-0.4, -0.2) is 64.1 Å². The lowest BCUT2D eigenvalue weighted by molar-refractivity contribution is 0.333. The van der Waals surface area contributed by atoms with Crippen molar-refractivity contribution in [1.82, 2.24) is 28.2 Å². The fraction of sp³-hybridized carbons (Fsp3) is 0.727. The van der Waals surface area contributed by atoms with Crippen LogP contribution in [-0.2, 0) is 66.1 Å². The van der Waals surface area contributed by atoms with Crippen LogP contribution in [0, 0.1) is 5.92 Å². The summed E-state index contributed by atoms with van der Waals surface area (Å²) in [7, 11) is -4.71. The molecule has 2 aliphatic rings. The van der Waals surface area contributed by atoms with E-state index in [4.69, 9.17) is 10.2 Å². The molecule has 1 unspecified atom stereocenters. The van der Waals surface area contributed by atoms with Crippen LogP contribution >= 0.6 is 0 Å². The third-order valence-electron chi connectivity index (χ3n) is 7.07. The molecule has 2 aromatic rings. The van der Waals surface area contributed by atoms with E-state index in [1.807, 2.05) is 23.3 Å². The van der Waals surface area contributed by atoms with E-state index >= 15 is 0 Å². The SMILES string of the molecule is CCn1nc(CCC2Cc3c(c(C(C)C)nn3C)CN(S(C)(=O)=O)C2)c2c1CN(S(C)(=O)=O)C2. The highest BCUT2D eigenvalue weighted by atomic mass is 32.2. The molecule has 190 valence electrons. The van der Waals surface area contributed by atoms with Gasteiger partial charge in [0, 0.05) is 50.0 Å². The van der Waals surface area contributed by atoms with E-state index in [0.717, 1.165) is 46.7 Å². The van der Waals surface area contributed by atoms with Crippen molar-refractivity contribution in [3.8, 4) is 0 Å². The van der Waals surface area contributed by atoms with Gasteiger partial charge in [0.2, 0.25) is 20.0 Å². The van der Waals surface area contributed by atoms with Gasteiger partial charge in [-0.3, -0.25) is 9.36 Å². The topological polar surface area (TPSA) is 110 Å². The normalized spacial score (nSPS) is 20.0. The van der Waals surface area contributed by atoms with Gasteiger partial charge in [0.05, 0.1) is 36.1 Å². The van der Waals surface area contributed by atoms with Gasteiger partial charge in [0.25, 0.3) is 0 Å². The monoisotopic (exact) mass is 512 g/mol. The molecular weight excluding hydrogens is 476 g/mol. The van der Waals surface area contributed by atoms with E-state index < -0.39 is 20.0 Å². The minimum Gasteiger partial charge on any atom is -0.272 e. The Hall–Kier alpha value is -1.76. The molecule has 0 spiro atoms. The Labute approximate surface area is 203 Å². The summed E-state index contributed by atoms with van der Waals surface area (Å²) in [5.74, 6) is 0.326. The van der Waals surface area contributed by atoms with Crippen LogP contribution in [0.4, 0.5) is 0 Å². The molecule has 0 radical (unpaired) electrons. The lowest BCUT2D eigenvalue weighted by atomic mass is 9.94. The van der Waals surface area contributed by atoms with Crippen molar-refractivity contribution in [1.29, 1.82) is 0 Å². The standard InChI is InChI=1S/C22H36N6O4S2/c1-7-28-21-14-27(34(6,31)32)12-17(21)19(23-28)9-8-16-10-20-18(13-26(11-16)33(5,29)30)22(15(2)3)24-25(20)4/h15-16H,7-14H2,1-6H3. The van der Waals surface area contributed by atoms with Crippen LogP contribution in [0.1, 0.15) is 67.0 Å². The molecule has 0 bridgehead atoms. The zero-order valence-electron chi connectivity index (χ0n) is 20.9. The Morgan fingerprint density at radius 1 is 0.941 bits per heavy atom. The van der Waals surface area contributed by atoms with Crippen LogP contribution in [0.15, 0.2) is 0 Å². The first-order valence-electron chi connectivity index (χ1n) is 11.8. The zero-order valence-corrected chi connectivity index (χ0v) is 22.6. The highest BCUT2D eigenvalue weighted by Crippen LogP contribution is 2.33. The second kappa shape index (κ2) is 9.03. The molecule has 0 saturated heterocycles. The molecule has 2 aromatic heterocycles. The molecule has 0 N–H and O–H groups in total. The minimum absolute atomic E-state index is 0.112. The first kappa shape index (κ1) is 25.3. The van der Waals surface area contributed by atoms with Crippen molar-refractivity contribution in [3.05, 3.63) is 33.9 Å². The highest BCUT2D eigenvalue weighted by molar-refractivity contribution is 7.88. The van der Waals surface area contributed by atoms with Crippen LogP contribution in [0.5, 0.6) is 0 Å². The smallest absolute Gasteiger partial charge is 0.211 e. The Kier molecular flexibility index (Phi) is 6.73. The molecule has 4 heterocycles. The molecule has 34 heavy (non-hydrogen) atoms. The second-order valence-electron chi connectivity index (χ2n) is 9.97. The van der Waals surface area contributed by atoms with Crippen LogP contribution in [0.2, 0.25) is 0 Å². The Bertz CT molecular complexity index is 1290. The molecule has 0 aromatic carbocycles. The summed E-state index contributed by atoms with van der Waals surface area (Å²) in [5.41, 5.74) is 6.00. The van der Waals surface area contributed by atoms with Crippen molar-refractivity contribution in [2.75, 3.05) is 19.1 Å². The third kappa shape index (κ3) is 4.82. The predicted molar refractivity (Wildman–Crippen MR) is 130 cm³/mol. The van der Waals surface area contributed by atoms with E-state index in [0.29, 0.717) is 39.1 Å². The van der Waals surface area contributed by atoms with Crippen molar-refractivity contribution in [3.63, 3.8) is 0 Å². The number of hydrogen-bond acceptors (Lipinski definition) is 6. The number of aryl methyl sites for hydroxylation is 3. The first-order chi connectivity index (χ1) is 15.8. The van der Waals surface area contributed by atoms with Gasteiger partial charge in [-0.1, -0.05) is 13.8 Å². The second-order valence-corrected chi connectivity index (χ2v) is 13.9. The van der Waals surface area contributed by atoms with Gasteiger partial charge in [-0.2, -0.15) is 18.8 Å². The molecule has 0 aliphatic carbocycles. The molecular formula is C22H36N6O4S2. The molecule has 0 fully saturated rings. The van der Waals surface area contributed by atoms with Gasteiger partial charge in [0.1, 0.15) is 0 Å². The summed E-state index contributed by atoms with van der Waals surface area (Å²) in [6.07, 6.45) is 4.71. The zero-order chi connectivity index (χ0) is 25.0. The van der Waals surface area contributed by atoms with Crippen molar-refractivity contribution in [2.24, 2.45) is 13.0 Å². The van der Waals surface area contributed by atoms with Gasteiger partial charge >= 0.3 is 0 Å². The van der Waals surface area contributed by atoms with Crippen LogP contribution in [0.3, 0.4) is 0 Å². The molecule has 10 nitrogen and oxygen atoms in total. The third-order valence-corrected chi connectivity index (χ3v) is 9.48. The quantitative estimate of drug-likeness (QED) is 0.557. The minimum atomic E-state index is -3.37. The number of fused-ring (bicyclic) bond motifs is 2. The summed E-state index contributed by atoms with van der Waals surface area (Å²) in [5, 5.41) is 9.49. The van der Waals surface area contributed by atoms with Gasteiger partial charge in [0.15, 0.2) is 0 Å². The van der Waals surface area contributed by atoms with Crippen molar-refractivity contribution < 1.29 is 16.8 Å². The molecule has 1 atom stereocenters. The van der Waals surface area contributed by atoms with Crippen LogP contribution in [0.25, 0.3) is 0 Å². The molecule has 0 amide bonds. The van der Waals surface area contributed by atoms with Gasteiger partial charge in [-0.05, 0) is 38.0 Å². The maximum Gasteiger partial charge on any atom is 0.211 e.